The van der Waals surface area contributed by atoms with Gasteiger partial charge in [-0.2, -0.15) is 0 Å². The minimum absolute atomic E-state index is 0.207. The number of alkyl carbamates (subject to hydrolysis) is 1. The van der Waals surface area contributed by atoms with E-state index in [4.69, 9.17) is 4.74 Å². The van der Waals surface area contributed by atoms with Gasteiger partial charge in [0.05, 0.1) is 0 Å². The zero-order chi connectivity index (χ0) is 11.9. The van der Waals surface area contributed by atoms with Crippen molar-refractivity contribution < 1.29 is 14.3 Å². The van der Waals surface area contributed by atoms with Gasteiger partial charge in [0.15, 0.2) is 0 Å². The Morgan fingerprint density at radius 2 is 1.93 bits per heavy atom. The summed E-state index contributed by atoms with van der Waals surface area (Å²) in [6.07, 6.45) is 2.39. The van der Waals surface area contributed by atoms with E-state index in [-0.39, 0.29) is 12.5 Å². The molecule has 15 heavy (non-hydrogen) atoms. The summed E-state index contributed by atoms with van der Waals surface area (Å²) >= 11 is 0. The molecule has 0 aromatic rings. The molecule has 0 bridgehead atoms. The lowest BCUT2D eigenvalue weighted by atomic mass is 10.2. The van der Waals surface area contributed by atoms with Gasteiger partial charge in [-0.25, -0.2) is 4.79 Å². The van der Waals surface area contributed by atoms with Crippen molar-refractivity contribution in [2.24, 2.45) is 0 Å². The molecular weight excluding hydrogens is 196 g/mol. The van der Waals surface area contributed by atoms with Gasteiger partial charge in [0, 0.05) is 19.7 Å². The maximum atomic E-state index is 11.1. The van der Waals surface area contributed by atoms with E-state index in [2.05, 4.69) is 10.6 Å². The first-order chi connectivity index (χ1) is 6.85. The van der Waals surface area contributed by atoms with Crippen molar-refractivity contribution in [3.8, 4) is 0 Å². The summed E-state index contributed by atoms with van der Waals surface area (Å²) < 4.78 is 4.99. The van der Waals surface area contributed by atoms with Crippen LogP contribution >= 0.6 is 0 Å². The smallest absolute Gasteiger partial charge is 0.407 e. The molecular formula is C10H18N2O3. The van der Waals surface area contributed by atoms with Gasteiger partial charge in [0.25, 0.3) is 0 Å². The second-order valence-corrected chi connectivity index (χ2v) is 3.90. The van der Waals surface area contributed by atoms with Gasteiger partial charge in [0.1, 0.15) is 5.60 Å². The molecule has 0 saturated carbocycles. The molecule has 5 nitrogen and oxygen atoms in total. The number of likely N-dealkylation sites (N-methyl/N-ethyl adjacent to an activating group) is 1. The van der Waals surface area contributed by atoms with E-state index in [0.29, 0.717) is 0 Å². The van der Waals surface area contributed by atoms with Crippen LogP contribution in [0.1, 0.15) is 20.8 Å². The summed E-state index contributed by atoms with van der Waals surface area (Å²) in [4.78, 5) is 21.8. The topological polar surface area (TPSA) is 67.4 Å². The lowest BCUT2D eigenvalue weighted by Gasteiger charge is -2.19. The average Bonchev–Trinajstić information content (AvgIpc) is 2.09. The Balaban J connectivity index is 3.74. The molecule has 0 atom stereocenters. The number of amides is 2. The van der Waals surface area contributed by atoms with Gasteiger partial charge >= 0.3 is 6.09 Å². The van der Waals surface area contributed by atoms with Crippen LogP contribution in [0.4, 0.5) is 4.79 Å². The molecule has 0 heterocycles. The summed E-state index contributed by atoms with van der Waals surface area (Å²) in [5.41, 5.74) is -0.505. The number of hydrogen-bond donors (Lipinski definition) is 2. The first-order valence-electron chi connectivity index (χ1n) is 4.70. The first-order valence-corrected chi connectivity index (χ1v) is 4.70. The van der Waals surface area contributed by atoms with Gasteiger partial charge in [-0.15, -0.1) is 0 Å². The fourth-order valence-electron chi connectivity index (χ4n) is 0.706. The Morgan fingerprint density at radius 1 is 1.33 bits per heavy atom. The molecule has 0 unspecified atom stereocenters. The second-order valence-electron chi connectivity index (χ2n) is 3.90. The van der Waals surface area contributed by atoms with E-state index < -0.39 is 11.7 Å². The lowest BCUT2D eigenvalue weighted by molar-refractivity contribution is -0.116. The number of carbonyl (C=O) groups is 2. The van der Waals surface area contributed by atoms with Crippen molar-refractivity contribution >= 4 is 12.0 Å². The van der Waals surface area contributed by atoms with Crippen molar-refractivity contribution in [1.29, 1.82) is 0 Å². The molecule has 0 radical (unpaired) electrons. The number of nitrogens with one attached hydrogen (secondary N) is 2. The van der Waals surface area contributed by atoms with Crippen LogP contribution in [-0.2, 0) is 9.53 Å². The van der Waals surface area contributed by atoms with Crippen LogP contribution in [0, 0.1) is 0 Å². The molecule has 0 saturated heterocycles. The highest BCUT2D eigenvalue weighted by molar-refractivity contribution is 5.87. The van der Waals surface area contributed by atoms with Crippen LogP contribution in [0.25, 0.3) is 0 Å². The Kier molecular flexibility index (Phi) is 5.44. The van der Waals surface area contributed by atoms with Crippen LogP contribution in [0.3, 0.4) is 0 Å². The average molecular weight is 214 g/mol. The zero-order valence-corrected chi connectivity index (χ0v) is 9.59. The third-order valence-electron chi connectivity index (χ3n) is 1.28. The predicted octanol–water partition coefficient (Wildman–Crippen LogP) is 0.813. The predicted molar refractivity (Wildman–Crippen MR) is 57.4 cm³/mol. The highest BCUT2D eigenvalue weighted by Gasteiger charge is 2.14. The van der Waals surface area contributed by atoms with Crippen molar-refractivity contribution in [3.63, 3.8) is 0 Å². The molecule has 0 aromatic heterocycles. The summed E-state index contributed by atoms with van der Waals surface area (Å²) in [5.74, 6) is -0.207. The van der Waals surface area contributed by atoms with Gasteiger partial charge in [0.2, 0.25) is 5.91 Å². The van der Waals surface area contributed by atoms with Crippen LogP contribution in [0.5, 0.6) is 0 Å². The summed E-state index contributed by atoms with van der Waals surface area (Å²) in [5, 5.41) is 4.91. The molecule has 2 N–H and O–H groups in total. The van der Waals surface area contributed by atoms with E-state index in [1.165, 1.54) is 13.1 Å². The van der Waals surface area contributed by atoms with Crippen LogP contribution in [0.15, 0.2) is 12.2 Å². The van der Waals surface area contributed by atoms with E-state index >= 15 is 0 Å². The van der Waals surface area contributed by atoms with Crippen molar-refractivity contribution in [1.82, 2.24) is 10.6 Å². The molecule has 86 valence electrons. The van der Waals surface area contributed by atoms with Gasteiger partial charge in [-0.05, 0) is 20.8 Å². The number of hydrogen-bond acceptors (Lipinski definition) is 3. The van der Waals surface area contributed by atoms with Gasteiger partial charge < -0.3 is 15.4 Å². The first kappa shape index (κ1) is 13.5. The monoisotopic (exact) mass is 214 g/mol. The van der Waals surface area contributed by atoms with Gasteiger partial charge in [-0.3, -0.25) is 4.79 Å². The molecule has 0 fully saturated rings. The molecule has 0 rings (SSSR count). The Labute approximate surface area is 89.9 Å². The molecule has 0 spiro atoms. The van der Waals surface area contributed by atoms with E-state index in [9.17, 15) is 9.59 Å². The fraction of sp³-hybridized carbons (Fsp3) is 0.600. The van der Waals surface area contributed by atoms with E-state index in [1.54, 1.807) is 26.8 Å². The molecule has 0 aromatic carbocycles. The third kappa shape index (κ3) is 8.80. The molecule has 5 heteroatoms. The standard InChI is InChI=1S/C10H18N2O3/c1-10(2,3)15-9(14)12-7-5-6-8(13)11-4/h5-6H,7H2,1-4H3,(H,11,13)(H,12,14). The van der Waals surface area contributed by atoms with Crippen molar-refractivity contribution in [2.45, 2.75) is 26.4 Å². The summed E-state index contributed by atoms with van der Waals surface area (Å²) in [7, 11) is 1.54. The summed E-state index contributed by atoms with van der Waals surface area (Å²) in [6.45, 7) is 5.62. The van der Waals surface area contributed by atoms with Crippen LogP contribution < -0.4 is 10.6 Å². The minimum Gasteiger partial charge on any atom is -0.444 e. The Bertz CT molecular complexity index is 254. The normalized spacial score (nSPS) is 11.2. The minimum atomic E-state index is -0.505. The fourth-order valence-corrected chi connectivity index (χ4v) is 0.706. The lowest BCUT2D eigenvalue weighted by Crippen LogP contribution is -2.32. The van der Waals surface area contributed by atoms with Gasteiger partial charge in [-0.1, -0.05) is 6.08 Å². The quantitative estimate of drug-likeness (QED) is 0.683. The zero-order valence-electron chi connectivity index (χ0n) is 9.59. The summed E-state index contributed by atoms with van der Waals surface area (Å²) in [6, 6.07) is 0. The highest BCUT2D eigenvalue weighted by Crippen LogP contribution is 2.05. The number of rotatable bonds is 3. The molecule has 0 aliphatic carbocycles. The number of carbonyl (C=O) groups excluding carboxylic acids is 2. The highest BCUT2D eigenvalue weighted by atomic mass is 16.6. The Morgan fingerprint density at radius 3 is 2.40 bits per heavy atom. The van der Waals surface area contributed by atoms with E-state index in [1.807, 2.05) is 0 Å². The van der Waals surface area contributed by atoms with Crippen LogP contribution in [-0.4, -0.2) is 31.2 Å². The van der Waals surface area contributed by atoms with Crippen molar-refractivity contribution in [2.75, 3.05) is 13.6 Å². The molecule has 0 aliphatic rings. The number of ether oxygens (including phenoxy) is 1. The SMILES string of the molecule is CNC(=O)C=CCNC(=O)OC(C)(C)C. The third-order valence-corrected chi connectivity index (χ3v) is 1.28. The van der Waals surface area contributed by atoms with E-state index in [0.717, 1.165) is 0 Å². The van der Waals surface area contributed by atoms with Crippen molar-refractivity contribution in [3.05, 3.63) is 12.2 Å². The largest absolute Gasteiger partial charge is 0.444 e. The molecule has 0 aliphatic heterocycles. The maximum Gasteiger partial charge on any atom is 0.407 e. The second kappa shape index (κ2) is 6.06. The Hall–Kier alpha value is -1.52. The van der Waals surface area contributed by atoms with Crippen LogP contribution in [0.2, 0.25) is 0 Å². The molecule has 2 amide bonds. The maximum absolute atomic E-state index is 11.1.